The fourth-order valence-electron chi connectivity index (χ4n) is 2.75. The van der Waals surface area contributed by atoms with Crippen molar-refractivity contribution in [3.05, 3.63) is 0 Å². The van der Waals surface area contributed by atoms with Crippen LogP contribution in [0.15, 0.2) is 0 Å². The zero-order valence-electron chi connectivity index (χ0n) is 13.1. The first-order valence-electron chi connectivity index (χ1n) is 8.13. The largest absolute Gasteiger partial charge is 0.393 e. The molecule has 1 N–H and O–H groups in total. The van der Waals surface area contributed by atoms with Crippen LogP contribution < -0.4 is 0 Å². The van der Waals surface area contributed by atoms with Gasteiger partial charge in [-0.15, -0.1) is 0 Å². The molecule has 2 saturated heterocycles. The summed E-state index contributed by atoms with van der Waals surface area (Å²) >= 11 is 0. The molecule has 2 rings (SSSR count). The topological polar surface area (TPSA) is 30.0 Å². The van der Waals surface area contributed by atoms with Gasteiger partial charge >= 0.3 is 0 Å². The van der Waals surface area contributed by atoms with E-state index in [1.54, 1.807) is 0 Å². The van der Waals surface area contributed by atoms with Crippen molar-refractivity contribution >= 4 is 0 Å². The van der Waals surface area contributed by atoms with Crippen molar-refractivity contribution in [2.45, 2.75) is 39.7 Å². The zero-order valence-corrected chi connectivity index (χ0v) is 13.1. The molecule has 0 unspecified atom stereocenters. The van der Waals surface area contributed by atoms with Gasteiger partial charge in [-0.25, -0.2) is 0 Å². The molecule has 0 aromatic heterocycles. The molecular formula is C15H33N3O. The van der Waals surface area contributed by atoms with Gasteiger partial charge in [0.15, 0.2) is 0 Å². The van der Waals surface area contributed by atoms with Crippen molar-refractivity contribution in [1.29, 1.82) is 0 Å². The lowest BCUT2D eigenvalue weighted by atomic mass is 10.1. The predicted octanol–water partition coefficient (Wildman–Crippen LogP) is 1.11. The standard InChI is InChI=1S/C13H27N3O.C2H6/c1-2-14-7-9-16(10-8-14)12-11-15-5-3-13(17)4-6-15;1-2/h13,17H,2-12H2,1H3;1-2H3. The third-order valence-electron chi connectivity index (χ3n) is 4.20. The molecule has 0 saturated carbocycles. The summed E-state index contributed by atoms with van der Waals surface area (Å²) < 4.78 is 0. The van der Waals surface area contributed by atoms with Crippen LogP contribution in [-0.2, 0) is 0 Å². The number of piperazine rings is 1. The van der Waals surface area contributed by atoms with E-state index in [0.717, 1.165) is 25.9 Å². The molecule has 2 aliphatic rings. The normalized spacial score (nSPS) is 24.0. The molecule has 4 heteroatoms. The average molecular weight is 271 g/mol. The second-order valence-corrected chi connectivity index (χ2v) is 5.35. The molecule has 0 aromatic carbocycles. The first-order valence-corrected chi connectivity index (χ1v) is 8.13. The molecule has 0 atom stereocenters. The molecule has 0 aliphatic carbocycles. The number of hydrogen-bond acceptors (Lipinski definition) is 4. The summed E-state index contributed by atoms with van der Waals surface area (Å²) in [4.78, 5) is 7.60. The van der Waals surface area contributed by atoms with Gasteiger partial charge in [0.05, 0.1) is 6.10 Å². The smallest absolute Gasteiger partial charge is 0.0564 e. The van der Waals surface area contributed by atoms with Crippen LogP contribution in [0, 0.1) is 0 Å². The Morgan fingerprint density at radius 2 is 1.21 bits per heavy atom. The van der Waals surface area contributed by atoms with Crippen molar-refractivity contribution < 1.29 is 5.11 Å². The quantitative estimate of drug-likeness (QED) is 0.829. The van der Waals surface area contributed by atoms with Gasteiger partial charge in [-0.05, 0) is 19.4 Å². The maximum Gasteiger partial charge on any atom is 0.0564 e. The van der Waals surface area contributed by atoms with Crippen molar-refractivity contribution in [3.8, 4) is 0 Å². The summed E-state index contributed by atoms with van der Waals surface area (Å²) in [6.07, 6.45) is 1.88. The van der Waals surface area contributed by atoms with Gasteiger partial charge in [-0.3, -0.25) is 4.90 Å². The van der Waals surface area contributed by atoms with Gasteiger partial charge in [0, 0.05) is 52.4 Å². The lowest BCUT2D eigenvalue weighted by Gasteiger charge is -2.36. The van der Waals surface area contributed by atoms with Crippen molar-refractivity contribution in [2.24, 2.45) is 0 Å². The van der Waals surface area contributed by atoms with Crippen LogP contribution in [0.2, 0.25) is 0 Å². The SMILES string of the molecule is CC.CCN1CCN(CCN2CCC(O)CC2)CC1. The first-order chi connectivity index (χ1) is 9.28. The maximum atomic E-state index is 9.46. The summed E-state index contributed by atoms with van der Waals surface area (Å²) in [7, 11) is 0. The van der Waals surface area contributed by atoms with Gasteiger partial charge in [0.1, 0.15) is 0 Å². The van der Waals surface area contributed by atoms with Crippen LogP contribution in [0.5, 0.6) is 0 Å². The summed E-state index contributed by atoms with van der Waals surface area (Å²) in [5, 5.41) is 9.46. The Kier molecular flexibility index (Phi) is 8.62. The maximum absolute atomic E-state index is 9.46. The van der Waals surface area contributed by atoms with E-state index in [1.807, 2.05) is 13.8 Å². The van der Waals surface area contributed by atoms with E-state index in [2.05, 4.69) is 21.6 Å². The van der Waals surface area contributed by atoms with E-state index >= 15 is 0 Å². The third kappa shape index (κ3) is 6.21. The van der Waals surface area contributed by atoms with Crippen molar-refractivity contribution in [1.82, 2.24) is 14.7 Å². The highest BCUT2D eigenvalue weighted by Gasteiger charge is 2.19. The minimum absolute atomic E-state index is 0.0423. The lowest BCUT2D eigenvalue weighted by Crippen LogP contribution is -2.49. The fraction of sp³-hybridized carbons (Fsp3) is 1.00. The molecule has 4 nitrogen and oxygen atoms in total. The van der Waals surface area contributed by atoms with Crippen molar-refractivity contribution in [2.75, 3.05) is 58.9 Å². The van der Waals surface area contributed by atoms with Gasteiger partial charge < -0.3 is 14.9 Å². The molecule has 19 heavy (non-hydrogen) atoms. The summed E-state index contributed by atoms with van der Waals surface area (Å²) in [5.74, 6) is 0. The molecule has 0 aromatic rings. The average Bonchev–Trinajstić information content (AvgIpc) is 2.49. The molecule has 2 aliphatic heterocycles. The lowest BCUT2D eigenvalue weighted by molar-refractivity contribution is 0.0697. The number of nitrogens with zero attached hydrogens (tertiary/aromatic N) is 3. The monoisotopic (exact) mass is 271 g/mol. The van der Waals surface area contributed by atoms with Crippen LogP contribution >= 0.6 is 0 Å². The molecule has 0 bridgehead atoms. The van der Waals surface area contributed by atoms with Crippen molar-refractivity contribution in [3.63, 3.8) is 0 Å². The Morgan fingerprint density at radius 1 is 0.789 bits per heavy atom. The second-order valence-electron chi connectivity index (χ2n) is 5.35. The number of hydrogen-bond donors (Lipinski definition) is 1. The highest BCUT2D eigenvalue weighted by Crippen LogP contribution is 2.10. The predicted molar refractivity (Wildman–Crippen MR) is 81.6 cm³/mol. The number of likely N-dealkylation sites (tertiary alicyclic amines) is 1. The Morgan fingerprint density at radius 3 is 1.68 bits per heavy atom. The molecule has 2 heterocycles. The summed E-state index contributed by atoms with van der Waals surface area (Å²) in [6, 6.07) is 0. The molecule has 2 fully saturated rings. The Labute approximate surface area is 119 Å². The van der Waals surface area contributed by atoms with E-state index in [1.165, 1.54) is 45.8 Å². The number of piperidine rings is 1. The summed E-state index contributed by atoms with van der Waals surface area (Å²) in [6.45, 7) is 16.9. The minimum atomic E-state index is -0.0423. The fourth-order valence-corrected chi connectivity index (χ4v) is 2.75. The number of likely N-dealkylation sites (N-methyl/N-ethyl adjacent to an activating group) is 1. The highest BCUT2D eigenvalue weighted by atomic mass is 16.3. The molecular weight excluding hydrogens is 238 g/mol. The Balaban J connectivity index is 0.000000861. The molecule has 114 valence electrons. The number of rotatable bonds is 4. The van der Waals surface area contributed by atoms with E-state index in [9.17, 15) is 5.11 Å². The van der Waals surface area contributed by atoms with E-state index in [4.69, 9.17) is 0 Å². The van der Waals surface area contributed by atoms with Crippen LogP contribution in [0.1, 0.15) is 33.6 Å². The third-order valence-corrected chi connectivity index (χ3v) is 4.20. The van der Waals surface area contributed by atoms with Gasteiger partial charge in [0.2, 0.25) is 0 Å². The molecule has 0 spiro atoms. The Hall–Kier alpha value is -0.160. The molecule has 0 amide bonds. The van der Waals surface area contributed by atoms with Crippen LogP contribution in [-0.4, -0.2) is 84.8 Å². The van der Waals surface area contributed by atoms with Crippen LogP contribution in [0.4, 0.5) is 0 Å². The van der Waals surface area contributed by atoms with Crippen LogP contribution in [0.3, 0.4) is 0 Å². The first kappa shape index (κ1) is 16.9. The van der Waals surface area contributed by atoms with Crippen LogP contribution in [0.25, 0.3) is 0 Å². The number of aliphatic hydroxyl groups is 1. The van der Waals surface area contributed by atoms with E-state index in [0.29, 0.717) is 0 Å². The Bertz CT molecular complexity index is 209. The highest BCUT2D eigenvalue weighted by molar-refractivity contribution is 4.75. The summed E-state index contributed by atoms with van der Waals surface area (Å²) in [5.41, 5.74) is 0. The number of aliphatic hydroxyl groups excluding tert-OH is 1. The van der Waals surface area contributed by atoms with Gasteiger partial charge in [-0.2, -0.15) is 0 Å². The van der Waals surface area contributed by atoms with Gasteiger partial charge in [-0.1, -0.05) is 20.8 Å². The van der Waals surface area contributed by atoms with Gasteiger partial charge in [0.25, 0.3) is 0 Å². The second kappa shape index (κ2) is 9.70. The van der Waals surface area contributed by atoms with E-state index < -0.39 is 0 Å². The molecule has 0 radical (unpaired) electrons. The van der Waals surface area contributed by atoms with E-state index in [-0.39, 0.29) is 6.10 Å². The minimum Gasteiger partial charge on any atom is -0.393 e. The zero-order chi connectivity index (χ0) is 14.1.